The van der Waals surface area contributed by atoms with Gasteiger partial charge in [0.25, 0.3) is 0 Å². The van der Waals surface area contributed by atoms with Gasteiger partial charge in [-0.2, -0.15) is 0 Å². The van der Waals surface area contributed by atoms with E-state index in [9.17, 15) is 4.39 Å². The molecule has 0 spiro atoms. The predicted molar refractivity (Wildman–Crippen MR) is 110 cm³/mol. The maximum Gasteiger partial charge on any atom is 0.224 e. The van der Waals surface area contributed by atoms with Crippen molar-refractivity contribution in [1.82, 2.24) is 9.97 Å². The van der Waals surface area contributed by atoms with E-state index in [1.165, 1.54) is 12.4 Å². The summed E-state index contributed by atoms with van der Waals surface area (Å²) < 4.78 is 30.2. The van der Waals surface area contributed by atoms with Crippen LogP contribution >= 0.6 is 0 Å². The van der Waals surface area contributed by atoms with Crippen LogP contribution in [0.5, 0.6) is 23.1 Å². The highest BCUT2D eigenvalue weighted by atomic mass is 19.1. The molecule has 7 heteroatoms. The Morgan fingerprint density at radius 1 is 0.931 bits per heavy atom. The van der Waals surface area contributed by atoms with E-state index in [1.807, 2.05) is 37.1 Å². The van der Waals surface area contributed by atoms with Crippen molar-refractivity contribution in [3.63, 3.8) is 0 Å². The first-order valence-electron chi connectivity index (χ1n) is 9.18. The second-order valence-electron chi connectivity index (χ2n) is 6.61. The highest BCUT2D eigenvalue weighted by Crippen LogP contribution is 2.28. The smallest absolute Gasteiger partial charge is 0.224 e. The monoisotopic (exact) mass is 397 g/mol. The molecule has 3 rings (SSSR count). The maximum atomic E-state index is 13.9. The van der Waals surface area contributed by atoms with Crippen LogP contribution in [0.4, 0.5) is 10.2 Å². The Morgan fingerprint density at radius 2 is 1.72 bits per heavy atom. The highest BCUT2D eigenvalue weighted by Gasteiger charge is 2.10. The van der Waals surface area contributed by atoms with E-state index in [-0.39, 0.29) is 11.6 Å². The number of aromatic nitrogens is 2. The van der Waals surface area contributed by atoms with Gasteiger partial charge in [-0.25, -0.2) is 14.4 Å². The van der Waals surface area contributed by atoms with Crippen molar-refractivity contribution in [2.24, 2.45) is 0 Å². The Kier molecular flexibility index (Phi) is 6.49. The van der Waals surface area contributed by atoms with Gasteiger partial charge in [-0.1, -0.05) is 12.1 Å². The Morgan fingerprint density at radius 3 is 2.48 bits per heavy atom. The minimum atomic E-state index is -0.433. The number of hydrogen-bond acceptors (Lipinski definition) is 6. The van der Waals surface area contributed by atoms with Gasteiger partial charge in [0, 0.05) is 19.7 Å². The largest absolute Gasteiger partial charge is 0.493 e. The normalized spacial score (nSPS) is 10.5. The van der Waals surface area contributed by atoms with Crippen LogP contribution in [0.1, 0.15) is 11.1 Å². The van der Waals surface area contributed by atoms with E-state index in [2.05, 4.69) is 9.97 Å². The van der Waals surface area contributed by atoms with Crippen LogP contribution in [0.15, 0.2) is 48.8 Å². The fourth-order valence-corrected chi connectivity index (χ4v) is 2.84. The lowest BCUT2D eigenvalue weighted by Crippen LogP contribution is -2.21. The van der Waals surface area contributed by atoms with Crippen LogP contribution in [0.3, 0.4) is 0 Å². The molecule has 0 fully saturated rings. The minimum absolute atomic E-state index is 0.141. The summed E-state index contributed by atoms with van der Waals surface area (Å²) in [5.74, 6) is 2.08. The molecule has 29 heavy (non-hydrogen) atoms. The Hall–Kier alpha value is -3.35. The summed E-state index contributed by atoms with van der Waals surface area (Å²) in [6.45, 7) is 2.59. The fourth-order valence-electron chi connectivity index (χ4n) is 2.84. The third-order valence-electron chi connectivity index (χ3n) is 4.50. The quantitative estimate of drug-likeness (QED) is 0.561. The summed E-state index contributed by atoms with van der Waals surface area (Å²) in [4.78, 5) is 10.4. The first-order chi connectivity index (χ1) is 14.0. The molecule has 0 radical (unpaired) electrons. The Bertz CT molecular complexity index is 981. The molecule has 1 aromatic heterocycles. The average molecular weight is 397 g/mol. The lowest BCUT2D eigenvalue weighted by molar-refractivity contribution is 0.354. The number of halogens is 1. The van der Waals surface area contributed by atoms with Gasteiger partial charge >= 0.3 is 0 Å². The molecule has 0 amide bonds. The number of aryl methyl sites for hydroxylation is 1. The molecule has 0 aliphatic carbocycles. The first-order valence-corrected chi connectivity index (χ1v) is 9.18. The van der Waals surface area contributed by atoms with Gasteiger partial charge in [-0.3, -0.25) is 0 Å². The van der Waals surface area contributed by atoms with E-state index in [4.69, 9.17) is 14.2 Å². The van der Waals surface area contributed by atoms with E-state index < -0.39 is 5.82 Å². The molecule has 0 saturated heterocycles. The number of anilines is 1. The minimum Gasteiger partial charge on any atom is -0.493 e. The van der Waals surface area contributed by atoms with Crippen molar-refractivity contribution in [3.05, 3.63) is 65.7 Å². The molecule has 0 unspecified atom stereocenters. The molecule has 0 aliphatic heterocycles. The van der Waals surface area contributed by atoms with Gasteiger partial charge in [-0.05, 0) is 48.7 Å². The zero-order valence-electron chi connectivity index (χ0n) is 17.0. The summed E-state index contributed by atoms with van der Waals surface area (Å²) >= 11 is 0. The number of ether oxygens (including phenoxy) is 3. The van der Waals surface area contributed by atoms with Crippen molar-refractivity contribution in [2.45, 2.75) is 13.3 Å². The number of likely N-dealkylation sites (N-methyl/N-ethyl adjacent to an activating group) is 1. The molecule has 6 nitrogen and oxygen atoms in total. The zero-order valence-corrected chi connectivity index (χ0v) is 17.0. The molecule has 0 N–H and O–H groups in total. The van der Waals surface area contributed by atoms with Crippen LogP contribution in [-0.2, 0) is 6.42 Å². The van der Waals surface area contributed by atoms with E-state index in [0.29, 0.717) is 23.9 Å². The third kappa shape index (κ3) is 5.13. The SMILES string of the molecule is COc1ccc(CCN(C)c2cc(Oc3cc(C)ccc3F)ncn2)cc1OC. The molecule has 1 heterocycles. The van der Waals surface area contributed by atoms with Gasteiger partial charge in [-0.15, -0.1) is 0 Å². The second-order valence-corrected chi connectivity index (χ2v) is 6.61. The maximum absolute atomic E-state index is 13.9. The number of benzene rings is 2. The fraction of sp³-hybridized carbons (Fsp3) is 0.273. The Labute approximate surface area is 169 Å². The molecule has 0 saturated carbocycles. The number of hydrogen-bond donors (Lipinski definition) is 0. The summed E-state index contributed by atoms with van der Waals surface area (Å²) in [6.07, 6.45) is 2.19. The molecule has 152 valence electrons. The summed E-state index contributed by atoms with van der Waals surface area (Å²) in [6, 6.07) is 12.2. The van der Waals surface area contributed by atoms with Crippen molar-refractivity contribution >= 4 is 5.82 Å². The van der Waals surface area contributed by atoms with Crippen LogP contribution in [-0.4, -0.2) is 37.8 Å². The standard InChI is InChI=1S/C22H24FN3O3/c1-15-5-7-17(23)19(11-15)29-22-13-21(24-14-25-22)26(2)10-9-16-6-8-18(27-3)20(12-16)28-4/h5-8,11-14H,9-10H2,1-4H3. The van der Waals surface area contributed by atoms with Crippen LogP contribution in [0.25, 0.3) is 0 Å². The van der Waals surface area contributed by atoms with Gasteiger partial charge < -0.3 is 19.1 Å². The van der Waals surface area contributed by atoms with E-state index in [1.54, 1.807) is 32.4 Å². The van der Waals surface area contributed by atoms with Gasteiger partial charge in [0.05, 0.1) is 14.2 Å². The number of methoxy groups -OCH3 is 2. The first kappa shape index (κ1) is 20.4. The molecule has 0 atom stereocenters. The second kappa shape index (κ2) is 9.23. The van der Waals surface area contributed by atoms with Crippen molar-refractivity contribution in [3.8, 4) is 23.1 Å². The predicted octanol–water partition coefficient (Wildman–Crippen LogP) is 4.41. The average Bonchev–Trinajstić information content (AvgIpc) is 2.74. The van der Waals surface area contributed by atoms with Crippen molar-refractivity contribution in [2.75, 3.05) is 32.7 Å². The molecular weight excluding hydrogens is 373 g/mol. The van der Waals surface area contributed by atoms with E-state index in [0.717, 1.165) is 17.5 Å². The summed E-state index contributed by atoms with van der Waals surface area (Å²) in [7, 11) is 5.16. The lowest BCUT2D eigenvalue weighted by Gasteiger charge is -2.19. The van der Waals surface area contributed by atoms with Gasteiger partial charge in [0.2, 0.25) is 5.88 Å². The highest BCUT2D eigenvalue weighted by molar-refractivity contribution is 5.44. The van der Waals surface area contributed by atoms with Gasteiger partial charge in [0.15, 0.2) is 23.1 Å². The molecule has 2 aromatic carbocycles. The number of nitrogens with zero attached hydrogens (tertiary/aromatic N) is 3. The van der Waals surface area contributed by atoms with Crippen LogP contribution in [0, 0.1) is 12.7 Å². The van der Waals surface area contributed by atoms with Crippen LogP contribution < -0.4 is 19.1 Å². The third-order valence-corrected chi connectivity index (χ3v) is 4.50. The van der Waals surface area contributed by atoms with Gasteiger partial charge in [0.1, 0.15) is 12.1 Å². The van der Waals surface area contributed by atoms with Crippen LogP contribution in [0.2, 0.25) is 0 Å². The lowest BCUT2D eigenvalue weighted by atomic mass is 10.1. The summed E-state index contributed by atoms with van der Waals surface area (Å²) in [5, 5.41) is 0. The summed E-state index contributed by atoms with van der Waals surface area (Å²) in [5.41, 5.74) is 2.02. The van der Waals surface area contributed by atoms with Crippen molar-refractivity contribution < 1.29 is 18.6 Å². The Balaban J connectivity index is 1.68. The molecule has 3 aromatic rings. The van der Waals surface area contributed by atoms with Crippen molar-refractivity contribution in [1.29, 1.82) is 0 Å². The molecule has 0 bridgehead atoms. The molecular formula is C22H24FN3O3. The topological polar surface area (TPSA) is 56.7 Å². The zero-order chi connectivity index (χ0) is 20.8. The molecule has 0 aliphatic rings. The number of rotatable bonds is 8. The van der Waals surface area contributed by atoms with E-state index >= 15 is 0 Å².